The monoisotopic (exact) mass is 439 g/mol. The van der Waals surface area contributed by atoms with Crippen LogP contribution in [0.15, 0.2) is 54.6 Å². The van der Waals surface area contributed by atoms with Crippen molar-refractivity contribution in [2.75, 3.05) is 37.8 Å². The first kappa shape index (κ1) is 21.6. The Hall–Kier alpha value is -2.67. The number of thioether (sulfide) groups is 1. The highest BCUT2D eigenvalue weighted by Gasteiger charge is 2.46. The van der Waals surface area contributed by atoms with Gasteiger partial charge in [-0.3, -0.25) is 4.79 Å². The molecule has 3 amide bonds. The minimum atomic E-state index is -0.162. The molecule has 2 aromatic rings. The van der Waals surface area contributed by atoms with Crippen molar-refractivity contribution in [3.8, 4) is 5.75 Å². The molecule has 31 heavy (non-hydrogen) atoms. The van der Waals surface area contributed by atoms with Crippen molar-refractivity contribution in [3.05, 3.63) is 60.2 Å². The van der Waals surface area contributed by atoms with E-state index in [0.29, 0.717) is 19.5 Å². The van der Waals surface area contributed by atoms with Gasteiger partial charge >= 0.3 is 6.03 Å². The van der Waals surface area contributed by atoms with Crippen molar-refractivity contribution in [2.24, 2.45) is 0 Å². The van der Waals surface area contributed by atoms with E-state index in [-0.39, 0.29) is 16.8 Å². The highest BCUT2D eigenvalue weighted by atomic mass is 32.2. The topological polar surface area (TPSA) is 61.9 Å². The number of piperidine rings is 1. The van der Waals surface area contributed by atoms with Gasteiger partial charge < -0.3 is 19.9 Å². The van der Waals surface area contributed by atoms with Gasteiger partial charge in [0.05, 0.1) is 12.0 Å². The number of methoxy groups -OCH3 is 1. The first-order valence-corrected chi connectivity index (χ1v) is 11.8. The van der Waals surface area contributed by atoms with Crippen LogP contribution in [0.3, 0.4) is 0 Å². The van der Waals surface area contributed by atoms with Crippen molar-refractivity contribution < 1.29 is 14.3 Å². The Kier molecular flexibility index (Phi) is 6.70. The highest BCUT2D eigenvalue weighted by molar-refractivity contribution is 8.00. The smallest absolute Gasteiger partial charge is 0.321 e. The third kappa shape index (κ3) is 4.98. The normalized spacial score (nSPS) is 17.6. The molecule has 2 aliphatic heterocycles. The van der Waals surface area contributed by atoms with Gasteiger partial charge in [0.2, 0.25) is 5.91 Å². The van der Waals surface area contributed by atoms with Crippen LogP contribution in [0.25, 0.3) is 0 Å². The summed E-state index contributed by atoms with van der Waals surface area (Å²) in [5.74, 6) is 1.95. The Balaban J connectivity index is 1.31. The molecule has 1 spiro atoms. The second-order valence-corrected chi connectivity index (χ2v) is 9.43. The van der Waals surface area contributed by atoms with Crippen LogP contribution < -0.4 is 10.1 Å². The van der Waals surface area contributed by atoms with E-state index >= 15 is 0 Å². The molecule has 2 aliphatic rings. The summed E-state index contributed by atoms with van der Waals surface area (Å²) >= 11 is 1.88. The summed E-state index contributed by atoms with van der Waals surface area (Å²) in [5.41, 5.74) is 1.95. The summed E-state index contributed by atoms with van der Waals surface area (Å²) in [6.45, 7) is 2.10. The molecule has 0 unspecified atom stereocenters. The Bertz CT molecular complexity index is 896. The summed E-state index contributed by atoms with van der Waals surface area (Å²) < 4.78 is 5.16. The number of carbonyl (C=O) groups is 2. The van der Waals surface area contributed by atoms with Crippen molar-refractivity contribution >= 4 is 29.4 Å². The maximum Gasteiger partial charge on any atom is 0.321 e. The number of urea groups is 1. The van der Waals surface area contributed by atoms with Crippen LogP contribution in [0.4, 0.5) is 10.5 Å². The predicted molar refractivity (Wildman–Crippen MR) is 124 cm³/mol. The zero-order chi connectivity index (χ0) is 21.7. The van der Waals surface area contributed by atoms with Gasteiger partial charge in [-0.2, -0.15) is 0 Å². The number of anilines is 1. The summed E-state index contributed by atoms with van der Waals surface area (Å²) in [6, 6.07) is 17.4. The molecule has 2 heterocycles. The Morgan fingerprint density at radius 3 is 2.42 bits per heavy atom. The van der Waals surface area contributed by atoms with Crippen molar-refractivity contribution in [1.29, 1.82) is 0 Å². The van der Waals surface area contributed by atoms with Gasteiger partial charge in [0.25, 0.3) is 0 Å². The van der Waals surface area contributed by atoms with E-state index < -0.39 is 0 Å². The Morgan fingerprint density at radius 1 is 1.03 bits per heavy atom. The molecule has 1 N–H and O–H groups in total. The average Bonchev–Trinajstić information content (AvgIpc) is 3.22. The lowest BCUT2D eigenvalue weighted by Gasteiger charge is -2.44. The molecule has 0 atom stereocenters. The fourth-order valence-corrected chi connectivity index (χ4v) is 5.82. The quantitative estimate of drug-likeness (QED) is 0.758. The number of nitrogens with zero attached hydrogens (tertiary/aromatic N) is 2. The molecular formula is C24H29N3O3S. The lowest BCUT2D eigenvalue weighted by Crippen LogP contribution is -2.54. The van der Waals surface area contributed by atoms with Gasteiger partial charge in [-0.05, 0) is 49.1 Å². The van der Waals surface area contributed by atoms with E-state index in [9.17, 15) is 9.59 Å². The van der Waals surface area contributed by atoms with Gasteiger partial charge in [0, 0.05) is 37.5 Å². The number of likely N-dealkylation sites (tertiary alicyclic amines) is 1. The molecule has 4 rings (SSSR count). The number of nitrogens with one attached hydrogen (secondary N) is 1. The van der Waals surface area contributed by atoms with Gasteiger partial charge in [-0.25, -0.2) is 4.79 Å². The Labute approximate surface area is 187 Å². The minimum absolute atomic E-state index is 0.0926. The van der Waals surface area contributed by atoms with Crippen molar-refractivity contribution in [3.63, 3.8) is 0 Å². The molecule has 2 aromatic carbocycles. The Morgan fingerprint density at radius 2 is 1.74 bits per heavy atom. The van der Waals surface area contributed by atoms with Crippen LogP contribution >= 0.6 is 11.8 Å². The zero-order valence-corrected chi connectivity index (χ0v) is 18.7. The van der Waals surface area contributed by atoms with Crippen LogP contribution in [-0.2, 0) is 11.2 Å². The number of ether oxygens (including phenoxy) is 1. The first-order valence-electron chi connectivity index (χ1n) is 10.8. The summed E-state index contributed by atoms with van der Waals surface area (Å²) in [7, 11) is 1.62. The van der Waals surface area contributed by atoms with E-state index in [1.54, 1.807) is 7.11 Å². The maximum absolute atomic E-state index is 13.0. The van der Waals surface area contributed by atoms with Gasteiger partial charge in [-0.15, -0.1) is 11.8 Å². The lowest BCUT2D eigenvalue weighted by molar-refractivity contribution is -0.134. The van der Waals surface area contributed by atoms with E-state index in [1.165, 1.54) is 5.56 Å². The summed E-state index contributed by atoms with van der Waals surface area (Å²) in [5, 5.41) is 2.96. The standard InChI is InChI=1S/C24H29N3O3S/c1-30-21-10-8-20(9-11-21)25-23(29)26-15-13-24(14-16-26)27(17-18-31-24)22(28)12-7-19-5-3-2-4-6-19/h2-6,8-11H,7,12-18H2,1H3,(H,25,29). The minimum Gasteiger partial charge on any atom is -0.497 e. The summed E-state index contributed by atoms with van der Waals surface area (Å²) in [4.78, 5) is 29.5. The van der Waals surface area contributed by atoms with Gasteiger partial charge in [-0.1, -0.05) is 30.3 Å². The fraction of sp³-hybridized carbons (Fsp3) is 0.417. The highest BCUT2D eigenvalue weighted by Crippen LogP contribution is 2.44. The number of carbonyl (C=O) groups excluding carboxylic acids is 2. The van der Waals surface area contributed by atoms with E-state index in [0.717, 1.165) is 43.0 Å². The van der Waals surface area contributed by atoms with Crippen LogP contribution in [0.2, 0.25) is 0 Å². The predicted octanol–water partition coefficient (Wildman–Crippen LogP) is 4.23. The SMILES string of the molecule is COc1ccc(NC(=O)N2CCC3(CC2)SCCN3C(=O)CCc2ccccc2)cc1. The molecule has 0 aliphatic carbocycles. The van der Waals surface area contributed by atoms with Crippen LogP contribution in [0.1, 0.15) is 24.8 Å². The van der Waals surface area contributed by atoms with E-state index in [2.05, 4.69) is 22.3 Å². The molecule has 0 radical (unpaired) electrons. The number of hydrogen-bond acceptors (Lipinski definition) is 4. The number of aryl methyl sites for hydroxylation is 1. The number of amides is 3. The third-order valence-corrected chi connectivity index (χ3v) is 7.67. The first-order chi connectivity index (χ1) is 15.1. The molecule has 2 fully saturated rings. The van der Waals surface area contributed by atoms with Crippen LogP contribution in [0, 0.1) is 0 Å². The second kappa shape index (κ2) is 9.64. The maximum atomic E-state index is 13.0. The van der Waals surface area contributed by atoms with Crippen molar-refractivity contribution in [2.45, 2.75) is 30.6 Å². The molecule has 0 saturated carbocycles. The van der Waals surface area contributed by atoms with Crippen LogP contribution in [-0.4, -0.2) is 59.1 Å². The molecule has 0 aromatic heterocycles. The van der Waals surface area contributed by atoms with Crippen molar-refractivity contribution in [1.82, 2.24) is 9.80 Å². The van der Waals surface area contributed by atoms with E-state index in [4.69, 9.17) is 4.74 Å². The van der Waals surface area contributed by atoms with Gasteiger partial charge in [0.15, 0.2) is 0 Å². The number of rotatable bonds is 5. The molecule has 7 heteroatoms. The van der Waals surface area contributed by atoms with Gasteiger partial charge in [0.1, 0.15) is 5.75 Å². The molecule has 6 nitrogen and oxygen atoms in total. The summed E-state index contributed by atoms with van der Waals surface area (Å²) in [6.07, 6.45) is 2.93. The lowest BCUT2D eigenvalue weighted by atomic mass is 10.0. The van der Waals surface area contributed by atoms with E-state index in [1.807, 2.05) is 59.1 Å². The fourth-order valence-electron chi connectivity index (χ4n) is 4.34. The number of hydrogen-bond donors (Lipinski definition) is 1. The molecule has 164 valence electrons. The van der Waals surface area contributed by atoms with Crippen LogP contribution in [0.5, 0.6) is 5.75 Å². The molecule has 0 bridgehead atoms. The third-order valence-electron chi connectivity index (χ3n) is 6.12. The second-order valence-electron chi connectivity index (χ2n) is 7.97. The average molecular weight is 440 g/mol. The number of benzene rings is 2. The largest absolute Gasteiger partial charge is 0.497 e. The zero-order valence-electron chi connectivity index (χ0n) is 17.9. The molecule has 2 saturated heterocycles. The molecular weight excluding hydrogens is 410 g/mol.